The van der Waals surface area contributed by atoms with Crippen LogP contribution in [-0.2, 0) is 4.79 Å². The van der Waals surface area contributed by atoms with Crippen LogP contribution in [0.2, 0.25) is 0 Å². The van der Waals surface area contributed by atoms with Gasteiger partial charge in [0.1, 0.15) is 11.8 Å². The van der Waals surface area contributed by atoms with Gasteiger partial charge in [0.15, 0.2) is 0 Å². The Balaban J connectivity index is 2.88. The molecule has 1 amide bonds. The highest BCUT2D eigenvalue weighted by atomic mass is 16.4. The number of aryl methyl sites for hydroxylation is 1. The number of aliphatic carboxylic acids is 1. The summed E-state index contributed by atoms with van der Waals surface area (Å²) in [4.78, 5) is 23.1. The van der Waals surface area contributed by atoms with Crippen LogP contribution < -0.4 is 5.32 Å². The van der Waals surface area contributed by atoms with Crippen LogP contribution in [0.25, 0.3) is 0 Å². The van der Waals surface area contributed by atoms with Gasteiger partial charge >= 0.3 is 5.97 Å². The van der Waals surface area contributed by atoms with Gasteiger partial charge in [-0.2, -0.15) is 0 Å². The van der Waals surface area contributed by atoms with Crippen molar-refractivity contribution in [2.45, 2.75) is 33.2 Å². The molecule has 5 nitrogen and oxygen atoms in total. The van der Waals surface area contributed by atoms with Crippen molar-refractivity contribution in [1.82, 2.24) is 5.32 Å². The van der Waals surface area contributed by atoms with Crippen LogP contribution in [0.3, 0.4) is 0 Å². The number of para-hydroxylation sites is 1. The van der Waals surface area contributed by atoms with E-state index in [1.807, 2.05) is 13.8 Å². The van der Waals surface area contributed by atoms with Crippen LogP contribution in [0.5, 0.6) is 5.75 Å². The minimum atomic E-state index is -1.07. The lowest BCUT2D eigenvalue weighted by Gasteiger charge is -2.17. The minimum absolute atomic E-state index is 0.0926. The molecule has 1 rings (SSSR count). The third kappa shape index (κ3) is 3.98. The molecule has 0 aliphatic rings. The van der Waals surface area contributed by atoms with Crippen LogP contribution in [0, 0.1) is 12.8 Å². The Morgan fingerprint density at radius 1 is 1.32 bits per heavy atom. The van der Waals surface area contributed by atoms with Gasteiger partial charge in [0.05, 0.1) is 5.56 Å². The van der Waals surface area contributed by atoms with Crippen molar-refractivity contribution >= 4 is 11.9 Å². The Labute approximate surface area is 112 Å². The molecule has 0 saturated heterocycles. The maximum atomic E-state index is 12.0. The molecule has 0 aliphatic heterocycles. The van der Waals surface area contributed by atoms with Gasteiger partial charge in [-0.15, -0.1) is 0 Å². The molecule has 0 heterocycles. The largest absolute Gasteiger partial charge is 0.507 e. The summed E-state index contributed by atoms with van der Waals surface area (Å²) in [6.45, 7) is 5.44. The summed E-state index contributed by atoms with van der Waals surface area (Å²) in [5, 5.41) is 21.3. The molecule has 1 unspecified atom stereocenters. The Bertz CT molecular complexity index is 482. The first-order valence-electron chi connectivity index (χ1n) is 6.15. The fraction of sp³-hybridized carbons (Fsp3) is 0.429. The third-order valence-electron chi connectivity index (χ3n) is 2.79. The summed E-state index contributed by atoms with van der Waals surface area (Å²) in [5.41, 5.74) is 0.665. The van der Waals surface area contributed by atoms with Crippen LogP contribution in [0.1, 0.15) is 36.2 Å². The molecular weight excluding hydrogens is 246 g/mol. The molecule has 104 valence electrons. The summed E-state index contributed by atoms with van der Waals surface area (Å²) >= 11 is 0. The average Bonchev–Trinajstić information content (AvgIpc) is 2.31. The van der Waals surface area contributed by atoms with Crippen LogP contribution in [0.15, 0.2) is 18.2 Å². The monoisotopic (exact) mass is 265 g/mol. The smallest absolute Gasteiger partial charge is 0.326 e. The van der Waals surface area contributed by atoms with Crippen LogP contribution in [0.4, 0.5) is 0 Å². The van der Waals surface area contributed by atoms with Crippen molar-refractivity contribution in [1.29, 1.82) is 0 Å². The van der Waals surface area contributed by atoms with Gasteiger partial charge in [0, 0.05) is 0 Å². The zero-order valence-electron chi connectivity index (χ0n) is 11.3. The highest BCUT2D eigenvalue weighted by Gasteiger charge is 2.23. The van der Waals surface area contributed by atoms with Gasteiger partial charge in [-0.1, -0.05) is 26.0 Å². The number of aromatic hydroxyl groups is 1. The molecule has 0 bridgehead atoms. The molecule has 3 N–H and O–H groups in total. The fourth-order valence-corrected chi connectivity index (χ4v) is 1.77. The first-order valence-corrected chi connectivity index (χ1v) is 6.15. The van der Waals surface area contributed by atoms with Crippen molar-refractivity contribution in [3.8, 4) is 5.75 Å². The molecule has 0 spiro atoms. The molecule has 0 fully saturated rings. The normalized spacial score (nSPS) is 12.2. The van der Waals surface area contributed by atoms with E-state index in [2.05, 4.69) is 5.32 Å². The first-order chi connectivity index (χ1) is 8.82. The quantitative estimate of drug-likeness (QED) is 0.759. The first kappa shape index (κ1) is 15.0. The van der Waals surface area contributed by atoms with E-state index in [0.29, 0.717) is 12.0 Å². The lowest BCUT2D eigenvalue weighted by Crippen LogP contribution is -2.41. The van der Waals surface area contributed by atoms with Crippen molar-refractivity contribution in [2.75, 3.05) is 0 Å². The summed E-state index contributed by atoms with van der Waals surface area (Å²) < 4.78 is 0. The summed E-state index contributed by atoms with van der Waals surface area (Å²) in [7, 11) is 0. The molecule has 1 aromatic rings. The number of carboxylic acid groups (broad SMARTS) is 1. The zero-order chi connectivity index (χ0) is 14.6. The molecule has 0 aliphatic carbocycles. The topological polar surface area (TPSA) is 86.6 Å². The minimum Gasteiger partial charge on any atom is -0.507 e. The second-order valence-corrected chi connectivity index (χ2v) is 4.96. The Morgan fingerprint density at radius 3 is 2.47 bits per heavy atom. The number of nitrogens with one attached hydrogen (secondary N) is 1. The van der Waals surface area contributed by atoms with Crippen molar-refractivity contribution in [3.63, 3.8) is 0 Å². The van der Waals surface area contributed by atoms with E-state index in [4.69, 9.17) is 5.11 Å². The Kier molecular flexibility index (Phi) is 4.92. The third-order valence-corrected chi connectivity index (χ3v) is 2.79. The molecular formula is C14H19NO4. The van der Waals surface area contributed by atoms with E-state index < -0.39 is 17.9 Å². The van der Waals surface area contributed by atoms with Gasteiger partial charge in [-0.3, -0.25) is 4.79 Å². The summed E-state index contributed by atoms with van der Waals surface area (Å²) in [6, 6.07) is 3.83. The summed E-state index contributed by atoms with van der Waals surface area (Å²) in [6.07, 6.45) is 0.341. The fourth-order valence-electron chi connectivity index (χ4n) is 1.77. The Morgan fingerprint density at radius 2 is 1.95 bits per heavy atom. The maximum Gasteiger partial charge on any atom is 0.326 e. The van der Waals surface area contributed by atoms with Gasteiger partial charge in [-0.05, 0) is 30.9 Å². The lowest BCUT2D eigenvalue weighted by molar-refractivity contribution is -0.139. The van der Waals surface area contributed by atoms with Crippen LogP contribution in [-0.4, -0.2) is 28.1 Å². The number of carbonyl (C=O) groups excluding carboxylic acids is 1. The van der Waals surface area contributed by atoms with Crippen molar-refractivity contribution < 1.29 is 19.8 Å². The SMILES string of the molecule is Cc1cccc(C(=O)NC(CC(C)C)C(=O)O)c1O. The molecule has 1 atom stereocenters. The highest BCUT2D eigenvalue weighted by molar-refractivity contribution is 5.99. The van der Waals surface area contributed by atoms with Gasteiger partial charge in [-0.25, -0.2) is 4.79 Å². The standard InChI is InChI=1S/C14H19NO4/c1-8(2)7-11(14(18)19)15-13(17)10-6-4-5-9(3)12(10)16/h4-6,8,11,16H,7H2,1-3H3,(H,15,17)(H,18,19). The van der Waals surface area contributed by atoms with E-state index in [1.54, 1.807) is 19.1 Å². The number of phenols is 1. The Hall–Kier alpha value is -2.04. The summed E-state index contributed by atoms with van der Waals surface area (Å²) in [5.74, 6) is -1.62. The van der Waals surface area contributed by atoms with Gasteiger partial charge in [0.2, 0.25) is 0 Å². The molecule has 0 saturated carbocycles. The predicted molar refractivity (Wildman–Crippen MR) is 71.2 cm³/mol. The molecule has 5 heteroatoms. The van der Waals surface area contributed by atoms with E-state index >= 15 is 0 Å². The lowest BCUT2D eigenvalue weighted by atomic mass is 10.0. The number of hydrogen-bond acceptors (Lipinski definition) is 3. The predicted octanol–water partition coefficient (Wildman–Crippen LogP) is 1.93. The molecule has 1 aromatic carbocycles. The number of hydrogen-bond donors (Lipinski definition) is 3. The number of phenolic OH excluding ortho intramolecular Hbond substituents is 1. The van der Waals surface area contributed by atoms with Gasteiger partial charge < -0.3 is 15.5 Å². The molecule has 0 aromatic heterocycles. The van der Waals surface area contributed by atoms with E-state index in [-0.39, 0.29) is 17.2 Å². The van der Waals surface area contributed by atoms with E-state index in [0.717, 1.165) is 0 Å². The number of carboxylic acids is 1. The average molecular weight is 265 g/mol. The highest BCUT2D eigenvalue weighted by Crippen LogP contribution is 2.21. The van der Waals surface area contributed by atoms with Crippen molar-refractivity contribution in [2.24, 2.45) is 5.92 Å². The van der Waals surface area contributed by atoms with Crippen molar-refractivity contribution in [3.05, 3.63) is 29.3 Å². The number of benzene rings is 1. The van der Waals surface area contributed by atoms with E-state index in [1.165, 1.54) is 6.07 Å². The molecule has 19 heavy (non-hydrogen) atoms. The van der Waals surface area contributed by atoms with Gasteiger partial charge in [0.25, 0.3) is 5.91 Å². The number of rotatable bonds is 5. The second-order valence-electron chi connectivity index (χ2n) is 4.96. The number of amides is 1. The zero-order valence-corrected chi connectivity index (χ0v) is 11.3. The van der Waals surface area contributed by atoms with E-state index in [9.17, 15) is 14.7 Å². The maximum absolute atomic E-state index is 12.0. The molecule has 0 radical (unpaired) electrons. The van der Waals surface area contributed by atoms with Crippen LogP contribution >= 0.6 is 0 Å². The number of carbonyl (C=O) groups is 2. The second kappa shape index (κ2) is 6.22.